The topological polar surface area (TPSA) is 64.7 Å². The Morgan fingerprint density at radius 2 is 1.56 bits per heavy atom. The molecule has 0 saturated carbocycles. The molecule has 0 aliphatic carbocycles. The fraction of sp³-hybridized carbons (Fsp3) is 0.500. The van der Waals surface area contributed by atoms with E-state index in [4.69, 9.17) is 0 Å². The number of urea groups is 1. The maximum absolute atomic E-state index is 13.4. The lowest BCUT2D eigenvalue weighted by Crippen LogP contribution is -2.49. The van der Waals surface area contributed by atoms with Crippen molar-refractivity contribution < 1.29 is 9.59 Å². The van der Waals surface area contributed by atoms with Crippen molar-refractivity contribution in [2.75, 3.05) is 24.3 Å². The van der Waals surface area contributed by atoms with Gasteiger partial charge in [-0.1, -0.05) is 51.1 Å². The number of nitrogens with one attached hydrogen (secondary N) is 2. The molecule has 2 N–H and O–H groups in total. The minimum Gasteiger partial charge on any atom is -0.377 e. The van der Waals surface area contributed by atoms with Crippen LogP contribution < -0.4 is 15.5 Å². The van der Waals surface area contributed by atoms with Crippen LogP contribution >= 0.6 is 0 Å². The number of carbonyl (C=O) groups is 2. The molecule has 34 heavy (non-hydrogen) atoms. The third kappa shape index (κ3) is 8.40. The summed E-state index contributed by atoms with van der Waals surface area (Å²) in [6.45, 7) is 14.5. The zero-order valence-electron chi connectivity index (χ0n) is 22.3. The van der Waals surface area contributed by atoms with Gasteiger partial charge in [0.05, 0.1) is 12.6 Å². The average Bonchev–Trinajstić information content (AvgIpc) is 2.69. The Kier molecular flexibility index (Phi) is 8.76. The van der Waals surface area contributed by atoms with Crippen LogP contribution in [-0.2, 0) is 11.3 Å². The fourth-order valence-electron chi connectivity index (χ4n) is 3.79. The lowest BCUT2D eigenvalue weighted by atomic mass is 9.92. The summed E-state index contributed by atoms with van der Waals surface area (Å²) in [4.78, 5) is 29.8. The van der Waals surface area contributed by atoms with Crippen LogP contribution in [-0.4, -0.2) is 36.5 Å². The third-order valence-corrected chi connectivity index (χ3v) is 5.37. The number of rotatable bonds is 7. The van der Waals surface area contributed by atoms with Crippen LogP contribution in [0.3, 0.4) is 0 Å². The molecule has 3 amide bonds. The van der Waals surface area contributed by atoms with Gasteiger partial charge in [0.15, 0.2) is 0 Å². The van der Waals surface area contributed by atoms with Crippen LogP contribution in [0.4, 0.5) is 16.2 Å². The highest BCUT2D eigenvalue weighted by atomic mass is 16.2. The van der Waals surface area contributed by atoms with E-state index in [1.165, 1.54) is 0 Å². The summed E-state index contributed by atoms with van der Waals surface area (Å²) in [7, 11) is 3.97. The van der Waals surface area contributed by atoms with Crippen molar-refractivity contribution >= 4 is 23.3 Å². The van der Waals surface area contributed by atoms with Crippen LogP contribution in [0.5, 0.6) is 0 Å². The maximum Gasteiger partial charge on any atom is 0.318 e. The van der Waals surface area contributed by atoms with Crippen LogP contribution in [0.2, 0.25) is 0 Å². The van der Waals surface area contributed by atoms with Crippen molar-refractivity contribution in [3.63, 3.8) is 0 Å². The summed E-state index contributed by atoms with van der Waals surface area (Å²) < 4.78 is 0. The predicted octanol–water partition coefficient (Wildman–Crippen LogP) is 6.20. The minimum absolute atomic E-state index is 0.0176. The first kappa shape index (κ1) is 27.2. The van der Waals surface area contributed by atoms with Crippen molar-refractivity contribution in [3.05, 3.63) is 59.7 Å². The Labute approximate surface area is 205 Å². The molecule has 2 aromatic rings. The molecule has 6 nitrogen and oxygen atoms in total. The standard InChI is InChI=1S/C28H42N4O2/c1-20(21-13-11-10-12-14-21)32(26(34)30-28(5,6)7)19-22-17-23(15-16-24(22)31(8)9)29-25(33)18-27(2,3)4/h10-17,20H,18-19H2,1-9H3,(H,29,33)(H,30,34)/t20-/m1/s1. The van der Waals surface area contributed by atoms with E-state index in [-0.39, 0.29) is 28.9 Å². The number of nitrogens with zero attached hydrogens (tertiary/aromatic N) is 2. The van der Waals surface area contributed by atoms with Gasteiger partial charge in [0.2, 0.25) is 5.91 Å². The number of carbonyl (C=O) groups excluding carboxylic acids is 2. The molecule has 0 fully saturated rings. The van der Waals surface area contributed by atoms with Crippen LogP contribution in [0.1, 0.15) is 72.1 Å². The molecule has 0 bridgehead atoms. The molecule has 0 radical (unpaired) electrons. The molecule has 0 aromatic heterocycles. The molecule has 186 valence electrons. The Bertz CT molecular complexity index is 972. The van der Waals surface area contributed by atoms with Crippen LogP contribution in [0, 0.1) is 5.41 Å². The summed E-state index contributed by atoms with van der Waals surface area (Å²) >= 11 is 0. The normalized spacial score (nSPS) is 12.6. The molecule has 0 heterocycles. The maximum atomic E-state index is 13.4. The number of amides is 3. The van der Waals surface area contributed by atoms with Crippen molar-refractivity contribution in [1.29, 1.82) is 0 Å². The second-order valence-corrected chi connectivity index (χ2v) is 11.4. The van der Waals surface area contributed by atoms with Gasteiger partial charge in [-0.25, -0.2) is 4.79 Å². The van der Waals surface area contributed by atoms with Gasteiger partial charge < -0.3 is 20.4 Å². The van der Waals surface area contributed by atoms with Crippen molar-refractivity contribution in [2.24, 2.45) is 5.41 Å². The predicted molar refractivity (Wildman–Crippen MR) is 142 cm³/mol. The number of anilines is 2. The summed E-state index contributed by atoms with van der Waals surface area (Å²) in [6.07, 6.45) is 0.433. The smallest absolute Gasteiger partial charge is 0.318 e. The third-order valence-electron chi connectivity index (χ3n) is 5.37. The van der Waals surface area contributed by atoms with Crippen molar-refractivity contribution in [3.8, 4) is 0 Å². The lowest BCUT2D eigenvalue weighted by Gasteiger charge is -2.34. The Morgan fingerprint density at radius 3 is 2.09 bits per heavy atom. The highest BCUT2D eigenvalue weighted by molar-refractivity contribution is 5.91. The molecular weight excluding hydrogens is 424 g/mol. The van der Waals surface area contributed by atoms with Crippen molar-refractivity contribution in [2.45, 2.75) is 73.0 Å². The van der Waals surface area contributed by atoms with Gasteiger partial charge >= 0.3 is 6.03 Å². The average molecular weight is 467 g/mol. The van der Waals surface area contributed by atoms with Gasteiger partial charge in [0.25, 0.3) is 0 Å². The van der Waals surface area contributed by atoms with Gasteiger partial charge in [0, 0.05) is 37.4 Å². The highest BCUT2D eigenvalue weighted by Gasteiger charge is 2.26. The quantitative estimate of drug-likeness (QED) is 0.511. The summed E-state index contributed by atoms with van der Waals surface area (Å²) in [6, 6.07) is 15.7. The van der Waals surface area contributed by atoms with Gasteiger partial charge in [-0.3, -0.25) is 4.79 Å². The summed E-state index contributed by atoms with van der Waals surface area (Å²) in [5.41, 5.74) is 3.31. The Morgan fingerprint density at radius 1 is 0.941 bits per heavy atom. The first-order chi connectivity index (χ1) is 15.7. The van der Waals surface area contributed by atoms with Crippen molar-refractivity contribution in [1.82, 2.24) is 10.2 Å². The van der Waals surface area contributed by atoms with E-state index < -0.39 is 0 Å². The summed E-state index contributed by atoms with van der Waals surface area (Å²) in [5, 5.41) is 6.15. The van der Waals surface area contributed by atoms with E-state index >= 15 is 0 Å². The van der Waals surface area contributed by atoms with Crippen LogP contribution in [0.25, 0.3) is 0 Å². The zero-order chi connectivity index (χ0) is 25.7. The van der Waals surface area contributed by atoms with E-state index in [0.717, 1.165) is 22.5 Å². The molecule has 0 aliphatic heterocycles. The van der Waals surface area contributed by atoms with E-state index in [0.29, 0.717) is 13.0 Å². The van der Waals surface area contributed by atoms with Gasteiger partial charge in [-0.05, 0) is 62.4 Å². The molecule has 1 atom stereocenters. The molecule has 0 saturated heterocycles. The van der Waals surface area contributed by atoms with E-state index in [2.05, 4.69) is 10.6 Å². The number of hydrogen-bond donors (Lipinski definition) is 2. The molecule has 6 heteroatoms. The lowest BCUT2D eigenvalue weighted by molar-refractivity contribution is -0.117. The van der Waals surface area contributed by atoms with E-state index in [1.807, 2.05) is 121 Å². The first-order valence-electron chi connectivity index (χ1n) is 11.9. The summed E-state index contributed by atoms with van der Waals surface area (Å²) in [5.74, 6) is -0.0176. The first-order valence-corrected chi connectivity index (χ1v) is 11.9. The minimum atomic E-state index is -0.362. The molecule has 0 unspecified atom stereocenters. The molecule has 0 spiro atoms. The molecule has 0 aliphatic rings. The molecule has 2 rings (SSSR count). The molecular formula is C28H42N4O2. The van der Waals surface area contributed by atoms with Gasteiger partial charge in [-0.2, -0.15) is 0 Å². The Balaban J connectivity index is 2.42. The van der Waals surface area contributed by atoms with Crippen LogP contribution in [0.15, 0.2) is 48.5 Å². The SMILES string of the molecule is C[C@H](c1ccccc1)N(Cc1cc(NC(=O)CC(C)(C)C)ccc1N(C)C)C(=O)NC(C)(C)C. The number of hydrogen-bond acceptors (Lipinski definition) is 3. The number of benzene rings is 2. The fourth-order valence-corrected chi connectivity index (χ4v) is 3.79. The monoisotopic (exact) mass is 466 g/mol. The second-order valence-electron chi connectivity index (χ2n) is 11.4. The highest BCUT2D eigenvalue weighted by Crippen LogP contribution is 2.29. The second kappa shape index (κ2) is 10.9. The zero-order valence-corrected chi connectivity index (χ0v) is 22.3. The van der Waals surface area contributed by atoms with E-state index in [9.17, 15) is 9.59 Å². The van der Waals surface area contributed by atoms with E-state index in [1.54, 1.807) is 0 Å². The largest absolute Gasteiger partial charge is 0.377 e. The van der Waals surface area contributed by atoms with Gasteiger partial charge in [0.1, 0.15) is 0 Å². The van der Waals surface area contributed by atoms with Gasteiger partial charge in [-0.15, -0.1) is 0 Å². The Hall–Kier alpha value is -3.02. The molecule has 2 aromatic carbocycles.